The fraction of sp³-hybridized carbons (Fsp3) is 0. The van der Waals surface area contributed by atoms with E-state index in [1.54, 1.807) is 6.07 Å². The number of carbonyl (C=O) groups is 1. The molecule has 0 bridgehead atoms. The molecular formula is C7H4BrClO3. The van der Waals surface area contributed by atoms with Gasteiger partial charge in [-0.2, -0.15) is 0 Å². The summed E-state index contributed by atoms with van der Waals surface area (Å²) in [6.07, 6.45) is 0. The zero-order valence-corrected chi connectivity index (χ0v) is 8.09. The molecule has 1 aromatic carbocycles. The third kappa shape index (κ3) is 1.89. The summed E-state index contributed by atoms with van der Waals surface area (Å²) in [5, 5.41) is 8.66. The van der Waals surface area contributed by atoms with Gasteiger partial charge in [0, 0.05) is 4.47 Å². The predicted molar refractivity (Wildman–Crippen MR) is 47.6 cm³/mol. The maximum Gasteiger partial charge on any atom is 0.339 e. The first-order valence-corrected chi connectivity index (χ1v) is 4.06. The van der Waals surface area contributed by atoms with Gasteiger partial charge in [0.1, 0.15) is 17.4 Å². The standard InChI is InChI=1S/C7H4BrClO3/c8-4-1-2-6(12-9)5(3-4)7(10)11/h1-3H,(H,10,11). The number of halogens is 2. The van der Waals surface area contributed by atoms with Crippen molar-refractivity contribution in [1.82, 2.24) is 0 Å². The Kier molecular flexibility index (Phi) is 2.94. The van der Waals surface area contributed by atoms with E-state index in [0.29, 0.717) is 4.47 Å². The molecule has 0 aliphatic rings. The summed E-state index contributed by atoms with van der Waals surface area (Å²) in [7, 11) is 0. The highest BCUT2D eigenvalue weighted by Gasteiger charge is 2.11. The maximum absolute atomic E-state index is 10.6. The first-order valence-electron chi connectivity index (χ1n) is 2.96. The van der Waals surface area contributed by atoms with E-state index in [2.05, 4.69) is 20.2 Å². The molecule has 0 aliphatic heterocycles. The summed E-state index contributed by atoms with van der Waals surface area (Å²) < 4.78 is 5.00. The van der Waals surface area contributed by atoms with Crippen molar-refractivity contribution in [2.45, 2.75) is 0 Å². The van der Waals surface area contributed by atoms with Gasteiger partial charge in [-0.1, -0.05) is 15.9 Å². The highest BCUT2D eigenvalue weighted by atomic mass is 79.9. The second kappa shape index (κ2) is 3.78. The number of hydrogen-bond acceptors (Lipinski definition) is 2. The average molecular weight is 251 g/mol. The van der Waals surface area contributed by atoms with Gasteiger partial charge in [-0.25, -0.2) is 4.79 Å². The van der Waals surface area contributed by atoms with Crippen LogP contribution in [0.15, 0.2) is 22.7 Å². The van der Waals surface area contributed by atoms with E-state index in [0.717, 1.165) is 0 Å². The maximum atomic E-state index is 10.6. The quantitative estimate of drug-likeness (QED) is 0.879. The van der Waals surface area contributed by atoms with Crippen LogP contribution in [0.1, 0.15) is 10.4 Å². The van der Waals surface area contributed by atoms with Crippen molar-refractivity contribution in [1.29, 1.82) is 0 Å². The Balaban J connectivity index is 3.21. The molecule has 0 saturated carbocycles. The fourth-order valence-electron chi connectivity index (χ4n) is 0.737. The molecule has 0 heterocycles. The van der Waals surface area contributed by atoms with Crippen molar-refractivity contribution in [3.05, 3.63) is 28.2 Å². The minimum absolute atomic E-state index is 0.0272. The summed E-state index contributed by atoms with van der Waals surface area (Å²) >= 11 is 8.18. The highest BCUT2D eigenvalue weighted by molar-refractivity contribution is 9.10. The lowest BCUT2D eigenvalue weighted by Crippen LogP contribution is -1.98. The Labute approximate surface area is 82.2 Å². The Bertz CT molecular complexity index is 314. The molecule has 0 aliphatic carbocycles. The molecule has 1 rings (SSSR count). The molecule has 0 unspecified atom stereocenters. The minimum atomic E-state index is -1.08. The van der Waals surface area contributed by atoms with Gasteiger partial charge in [-0.05, 0) is 18.2 Å². The van der Waals surface area contributed by atoms with Crippen LogP contribution in [0.3, 0.4) is 0 Å². The van der Waals surface area contributed by atoms with Crippen LogP contribution in [0.4, 0.5) is 0 Å². The van der Waals surface area contributed by atoms with Crippen molar-refractivity contribution in [2.75, 3.05) is 0 Å². The van der Waals surface area contributed by atoms with Crippen LogP contribution in [-0.4, -0.2) is 11.1 Å². The molecule has 0 fully saturated rings. The van der Waals surface area contributed by atoms with Crippen LogP contribution in [0.5, 0.6) is 5.75 Å². The summed E-state index contributed by atoms with van der Waals surface area (Å²) in [5.41, 5.74) is 0.0272. The van der Waals surface area contributed by atoms with E-state index in [1.807, 2.05) is 0 Å². The number of carboxylic acid groups (broad SMARTS) is 1. The Morgan fingerprint density at radius 2 is 2.25 bits per heavy atom. The lowest BCUT2D eigenvalue weighted by atomic mass is 10.2. The fourth-order valence-corrected chi connectivity index (χ4v) is 1.23. The summed E-state index contributed by atoms with van der Waals surface area (Å²) in [5.74, 6) is -0.945. The monoisotopic (exact) mass is 250 g/mol. The van der Waals surface area contributed by atoms with Gasteiger partial charge in [0.2, 0.25) is 0 Å². The second-order valence-corrected chi connectivity index (χ2v) is 3.09. The summed E-state index contributed by atoms with van der Waals surface area (Å²) in [4.78, 5) is 10.6. The largest absolute Gasteiger partial charge is 0.478 e. The average Bonchev–Trinajstić information content (AvgIpc) is 2.04. The molecule has 1 N–H and O–H groups in total. The SMILES string of the molecule is O=C(O)c1cc(Br)ccc1OCl. The number of rotatable bonds is 2. The van der Waals surface area contributed by atoms with E-state index >= 15 is 0 Å². The van der Waals surface area contributed by atoms with Crippen LogP contribution < -0.4 is 4.29 Å². The molecule has 5 heteroatoms. The summed E-state index contributed by atoms with van der Waals surface area (Å²) in [6.45, 7) is 0. The Hall–Kier alpha value is -0.740. The number of carboxylic acids is 1. The van der Waals surface area contributed by atoms with Gasteiger partial charge >= 0.3 is 5.97 Å². The predicted octanol–water partition coefficient (Wildman–Crippen LogP) is 2.68. The first-order chi connectivity index (χ1) is 5.65. The van der Waals surface area contributed by atoms with Crippen LogP contribution in [-0.2, 0) is 0 Å². The molecule has 3 nitrogen and oxygen atoms in total. The molecule has 1 aromatic rings. The zero-order valence-electron chi connectivity index (χ0n) is 5.75. The van der Waals surface area contributed by atoms with E-state index in [9.17, 15) is 4.79 Å². The molecule has 0 atom stereocenters. The zero-order chi connectivity index (χ0) is 9.14. The van der Waals surface area contributed by atoms with Crippen LogP contribution in [0.25, 0.3) is 0 Å². The van der Waals surface area contributed by atoms with Crippen molar-refractivity contribution in [3.63, 3.8) is 0 Å². The van der Waals surface area contributed by atoms with Gasteiger partial charge in [-0.15, -0.1) is 0 Å². The van der Waals surface area contributed by atoms with E-state index in [-0.39, 0.29) is 11.3 Å². The normalized spacial score (nSPS) is 9.50. The van der Waals surface area contributed by atoms with Crippen molar-refractivity contribution in [2.24, 2.45) is 0 Å². The van der Waals surface area contributed by atoms with Crippen LogP contribution >= 0.6 is 27.8 Å². The summed E-state index contributed by atoms with van der Waals surface area (Å²) in [6, 6.07) is 4.53. The van der Waals surface area contributed by atoms with Gasteiger partial charge in [0.15, 0.2) is 5.75 Å². The van der Waals surface area contributed by atoms with Crippen LogP contribution in [0, 0.1) is 0 Å². The third-order valence-corrected chi connectivity index (χ3v) is 1.91. The number of aromatic carboxylic acids is 1. The van der Waals surface area contributed by atoms with E-state index in [1.165, 1.54) is 12.1 Å². The van der Waals surface area contributed by atoms with Gasteiger partial charge in [0.05, 0.1) is 0 Å². The molecule has 12 heavy (non-hydrogen) atoms. The van der Waals surface area contributed by atoms with E-state index < -0.39 is 5.97 Å². The first kappa shape index (κ1) is 9.35. The number of benzene rings is 1. The Morgan fingerprint density at radius 1 is 1.58 bits per heavy atom. The molecule has 0 saturated heterocycles. The minimum Gasteiger partial charge on any atom is -0.478 e. The van der Waals surface area contributed by atoms with Gasteiger partial charge in [0.25, 0.3) is 0 Å². The highest BCUT2D eigenvalue weighted by Crippen LogP contribution is 2.23. The van der Waals surface area contributed by atoms with Crippen molar-refractivity contribution >= 4 is 33.8 Å². The Morgan fingerprint density at radius 3 is 2.75 bits per heavy atom. The van der Waals surface area contributed by atoms with E-state index in [4.69, 9.17) is 17.0 Å². The molecule has 0 aromatic heterocycles. The lowest BCUT2D eigenvalue weighted by molar-refractivity contribution is 0.0695. The smallest absolute Gasteiger partial charge is 0.339 e. The second-order valence-electron chi connectivity index (χ2n) is 2.02. The molecule has 64 valence electrons. The van der Waals surface area contributed by atoms with Gasteiger partial charge in [-0.3, -0.25) is 0 Å². The molecule has 0 amide bonds. The lowest BCUT2D eigenvalue weighted by Gasteiger charge is -2.01. The van der Waals surface area contributed by atoms with Crippen molar-refractivity contribution in [3.8, 4) is 5.75 Å². The van der Waals surface area contributed by atoms with Crippen molar-refractivity contribution < 1.29 is 14.2 Å². The molecular weight excluding hydrogens is 247 g/mol. The molecule has 0 radical (unpaired) electrons. The third-order valence-electron chi connectivity index (χ3n) is 1.26. The number of hydrogen-bond donors (Lipinski definition) is 1. The molecule has 0 spiro atoms. The van der Waals surface area contributed by atoms with Crippen LogP contribution in [0.2, 0.25) is 0 Å². The topological polar surface area (TPSA) is 46.5 Å². The van der Waals surface area contributed by atoms with Gasteiger partial charge < -0.3 is 9.40 Å².